The van der Waals surface area contributed by atoms with E-state index in [2.05, 4.69) is 15.0 Å². The van der Waals surface area contributed by atoms with E-state index in [0.29, 0.717) is 17.2 Å². The summed E-state index contributed by atoms with van der Waals surface area (Å²) in [6, 6.07) is 10.6. The van der Waals surface area contributed by atoms with E-state index in [-0.39, 0.29) is 9.23 Å². The highest BCUT2D eigenvalue weighted by atomic mass is 35.5. The van der Waals surface area contributed by atoms with Crippen LogP contribution >= 0.6 is 22.9 Å². The minimum absolute atomic E-state index is 0.000304. The molecule has 5 nitrogen and oxygen atoms in total. The van der Waals surface area contributed by atoms with Crippen molar-refractivity contribution < 1.29 is 12.8 Å². The van der Waals surface area contributed by atoms with Crippen molar-refractivity contribution in [3.63, 3.8) is 0 Å². The Morgan fingerprint density at radius 3 is 2.54 bits per heavy atom. The molecule has 1 aromatic carbocycles. The molecule has 2 N–H and O–H groups in total. The van der Waals surface area contributed by atoms with E-state index in [4.69, 9.17) is 11.6 Å². The van der Waals surface area contributed by atoms with Crippen LogP contribution in [0.5, 0.6) is 0 Å². The Bertz CT molecular complexity index is 945. The lowest BCUT2D eigenvalue weighted by molar-refractivity contribution is 0.603. The number of halogens is 2. The molecule has 0 aliphatic rings. The van der Waals surface area contributed by atoms with E-state index in [1.165, 1.54) is 30.5 Å². The van der Waals surface area contributed by atoms with Crippen molar-refractivity contribution in [3.05, 3.63) is 64.9 Å². The second-order valence-electron chi connectivity index (χ2n) is 4.72. The first-order chi connectivity index (χ1) is 11.4. The zero-order valence-corrected chi connectivity index (χ0v) is 14.4. The molecule has 0 unspecified atom stereocenters. The number of hydrogen-bond acceptors (Lipinski definition) is 5. The summed E-state index contributed by atoms with van der Waals surface area (Å²) in [7, 11) is -3.60. The first-order valence-corrected chi connectivity index (χ1v) is 9.42. The number of nitrogens with one attached hydrogen (secondary N) is 2. The number of sulfonamides is 1. The molecular weight excluding hydrogens is 373 g/mol. The predicted molar refractivity (Wildman–Crippen MR) is 94.1 cm³/mol. The maximum Gasteiger partial charge on any atom is 0.271 e. The Labute approximate surface area is 147 Å². The molecule has 0 spiro atoms. The molecule has 0 aliphatic carbocycles. The van der Waals surface area contributed by atoms with Crippen molar-refractivity contribution in [1.82, 2.24) is 4.98 Å². The fourth-order valence-electron chi connectivity index (χ4n) is 1.87. The van der Waals surface area contributed by atoms with Gasteiger partial charge in [0, 0.05) is 5.69 Å². The molecule has 24 heavy (non-hydrogen) atoms. The van der Waals surface area contributed by atoms with Gasteiger partial charge in [0.05, 0.1) is 16.9 Å². The Balaban J connectivity index is 1.72. The molecule has 9 heteroatoms. The van der Waals surface area contributed by atoms with Crippen LogP contribution in [0.3, 0.4) is 0 Å². The van der Waals surface area contributed by atoms with E-state index < -0.39 is 15.8 Å². The SMILES string of the molecule is O=S(=O)(Nc1ccc(Nc2ccc(F)c(Cl)c2)nc1)c1cccs1. The summed E-state index contributed by atoms with van der Waals surface area (Å²) in [6.45, 7) is 0. The van der Waals surface area contributed by atoms with Crippen LogP contribution in [0.1, 0.15) is 0 Å². The van der Waals surface area contributed by atoms with Gasteiger partial charge >= 0.3 is 0 Å². The normalized spacial score (nSPS) is 11.2. The smallest absolute Gasteiger partial charge is 0.271 e. The van der Waals surface area contributed by atoms with Crippen molar-refractivity contribution >= 4 is 50.2 Å². The van der Waals surface area contributed by atoms with E-state index >= 15 is 0 Å². The number of pyridine rings is 1. The highest BCUT2D eigenvalue weighted by Gasteiger charge is 2.15. The molecule has 0 bridgehead atoms. The third kappa shape index (κ3) is 3.84. The second-order valence-corrected chi connectivity index (χ2v) is 7.99. The van der Waals surface area contributed by atoms with E-state index in [1.54, 1.807) is 23.6 Å². The highest BCUT2D eigenvalue weighted by molar-refractivity contribution is 7.94. The largest absolute Gasteiger partial charge is 0.340 e. The number of benzene rings is 1. The first-order valence-electron chi connectivity index (χ1n) is 6.68. The van der Waals surface area contributed by atoms with Crippen LogP contribution in [0.2, 0.25) is 5.02 Å². The molecular formula is C15H11ClFN3O2S2. The van der Waals surface area contributed by atoms with Crippen LogP contribution in [0.4, 0.5) is 21.6 Å². The molecule has 0 saturated carbocycles. The number of hydrogen-bond donors (Lipinski definition) is 2. The summed E-state index contributed by atoms with van der Waals surface area (Å²) in [5, 5.41) is 4.64. The topological polar surface area (TPSA) is 71.1 Å². The zero-order chi connectivity index (χ0) is 17.2. The number of nitrogens with zero attached hydrogens (tertiary/aromatic N) is 1. The predicted octanol–water partition coefficient (Wildman–Crippen LogP) is 4.48. The molecule has 0 fully saturated rings. The van der Waals surface area contributed by atoms with Gasteiger partial charge in [-0.1, -0.05) is 17.7 Å². The van der Waals surface area contributed by atoms with Gasteiger partial charge < -0.3 is 5.32 Å². The van der Waals surface area contributed by atoms with Crippen LogP contribution in [-0.4, -0.2) is 13.4 Å². The summed E-state index contributed by atoms with van der Waals surface area (Å²) >= 11 is 6.85. The molecule has 3 aromatic rings. The second kappa shape index (κ2) is 6.76. The van der Waals surface area contributed by atoms with Gasteiger partial charge in [0.25, 0.3) is 10.0 Å². The molecule has 0 radical (unpaired) electrons. The van der Waals surface area contributed by atoms with Gasteiger partial charge in [0.15, 0.2) is 0 Å². The number of thiophene rings is 1. The fourth-order valence-corrected chi connectivity index (χ4v) is 4.09. The maximum atomic E-state index is 13.1. The van der Waals surface area contributed by atoms with E-state index in [1.807, 2.05) is 0 Å². The van der Waals surface area contributed by atoms with Crippen LogP contribution in [0.25, 0.3) is 0 Å². The Kier molecular flexibility index (Phi) is 4.70. The number of anilines is 3. The minimum atomic E-state index is -3.60. The van der Waals surface area contributed by atoms with Crippen molar-refractivity contribution in [3.8, 4) is 0 Å². The van der Waals surface area contributed by atoms with E-state index in [0.717, 1.165) is 11.3 Å². The summed E-state index contributed by atoms with van der Waals surface area (Å²) in [5.74, 6) is -0.0368. The number of rotatable bonds is 5. The first kappa shape index (κ1) is 16.7. The molecule has 2 aromatic heterocycles. The average Bonchev–Trinajstić information content (AvgIpc) is 3.08. The Morgan fingerprint density at radius 2 is 1.92 bits per heavy atom. The zero-order valence-electron chi connectivity index (χ0n) is 12.0. The van der Waals surface area contributed by atoms with Gasteiger partial charge in [0.1, 0.15) is 15.8 Å². The van der Waals surface area contributed by atoms with Crippen molar-refractivity contribution in [2.24, 2.45) is 0 Å². The van der Waals surface area contributed by atoms with Gasteiger partial charge in [0.2, 0.25) is 0 Å². The van der Waals surface area contributed by atoms with Gasteiger partial charge in [-0.15, -0.1) is 11.3 Å². The summed E-state index contributed by atoms with van der Waals surface area (Å²) in [4.78, 5) is 4.12. The van der Waals surface area contributed by atoms with Crippen molar-refractivity contribution in [1.29, 1.82) is 0 Å². The van der Waals surface area contributed by atoms with Crippen molar-refractivity contribution in [2.45, 2.75) is 4.21 Å². The van der Waals surface area contributed by atoms with Gasteiger partial charge in [-0.25, -0.2) is 17.8 Å². The van der Waals surface area contributed by atoms with Gasteiger partial charge in [-0.3, -0.25) is 4.72 Å². The Hall–Kier alpha value is -2.16. The molecule has 124 valence electrons. The summed E-state index contributed by atoms with van der Waals surface area (Å²) in [5.41, 5.74) is 0.909. The fraction of sp³-hybridized carbons (Fsp3) is 0. The lowest BCUT2D eigenvalue weighted by Crippen LogP contribution is -2.11. The average molecular weight is 384 g/mol. The lowest BCUT2D eigenvalue weighted by atomic mass is 10.3. The molecule has 2 heterocycles. The molecule has 3 rings (SSSR count). The van der Waals surface area contributed by atoms with Crippen LogP contribution in [0.15, 0.2) is 58.3 Å². The standard InChI is InChI=1S/C15H11ClFN3O2S2/c16-12-8-10(3-5-13(12)17)19-14-6-4-11(9-18-14)20-24(21,22)15-2-1-7-23-15/h1-9,20H,(H,18,19). The monoisotopic (exact) mass is 383 g/mol. The molecule has 0 saturated heterocycles. The Morgan fingerprint density at radius 1 is 1.12 bits per heavy atom. The lowest BCUT2D eigenvalue weighted by Gasteiger charge is -2.09. The minimum Gasteiger partial charge on any atom is -0.340 e. The van der Waals surface area contributed by atoms with Crippen LogP contribution in [-0.2, 0) is 10.0 Å². The quantitative estimate of drug-likeness (QED) is 0.681. The van der Waals surface area contributed by atoms with Crippen molar-refractivity contribution in [2.75, 3.05) is 10.0 Å². The van der Waals surface area contributed by atoms with Crippen LogP contribution < -0.4 is 10.0 Å². The molecule has 0 amide bonds. The summed E-state index contributed by atoms with van der Waals surface area (Å²) in [6.07, 6.45) is 1.39. The maximum absolute atomic E-state index is 13.1. The molecule has 0 aliphatic heterocycles. The number of aromatic nitrogens is 1. The third-order valence-corrected chi connectivity index (χ3v) is 6.04. The van der Waals surface area contributed by atoms with Crippen LogP contribution in [0, 0.1) is 5.82 Å². The van der Waals surface area contributed by atoms with Gasteiger partial charge in [-0.2, -0.15) is 0 Å². The highest BCUT2D eigenvalue weighted by Crippen LogP contribution is 2.23. The van der Waals surface area contributed by atoms with Gasteiger partial charge in [-0.05, 0) is 41.8 Å². The summed E-state index contributed by atoms with van der Waals surface area (Å²) < 4.78 is 40.0. The van der Waals surface area contributed by atoms with E-state index in [9.17, 15) is 12.8 Å². The third-order valence-electron chi connectivity index (χ3n) is 2.97. The molecule has 0 atom stereocenters.